The maximum Gasteiger partial charge on any atom is 0.136 e. The molecule has 1 aromatic carbocycles. The lowest BCUT2D eigenvalue weighted by Crippen LogP contribution is -2.29. The summed E-state index contributed by atoms with van der Waals surface area (Å²) < 4.78 is 0. The summed E-state index contributed by atoms with van der Waals surface area (Å²) in [5.74, 6) is 1.15. The van der Waals surface area contributed by atoms with E-state index in [-0.39, 0.29) is 0 Å². The Kier molecular flexibility index (Phi) is 3.00. The highest BCUT2D eigenvalue weighted by atomic mass is 15.2. The van der Waals surface area contributed by atoms with Crippen molar-refractivity contribution in [3.8, 4) is 0 Å². The molecular weight excluding hydrogens is 260 g/mol. The largest absolute Gasteiger partial charge is 0.388 e. The first-order chi connectivity index (χ1) is 10.3. The zero-order valence-corrected chi connectivity index (χ0v) is 12.5. The van der Waals surface area contributed by atoms with Crippen LogP contribution in [-0.2, 0) is 0 Å². The number of hydrogen-bond donors (Lipinski definition) is 2. The molecule has 21 heavy (non-hydrogen) atoms. The lowest BCUT2D eigenvalue weighted by atomic mass is 9.86. The molecule has 2 aliphatic rings. The molecule has 2 fully saturated rings. The topological polar surface area (TPSA) is 40.2 Å². The Morgan fingerprint density at radius 3 is 3.00 bits per heavy atom. The second-order valence-corrected chi connectivity index (χ2v) is 6.38. The van der Waals surface area contributed by atoms with Gasteiger partial charge in [0.2, 0.25) is 0 Å². The van der Waals surface area contributed by atoms with Crippen molar-refractivity contribution >= 4 is 22.3 Å². The van der Waals surface area contributed by atoms with Crippen LogP contribution < -0.4 is 15.5 Å². The standard InChI is InChI=1S/C17H22N4/c1-18-15-4-2-3-14-13(15)5-8-20-16(14)21-10-7-17(12-21)6-9-19-11-17/h2-5,8,18-19H,6-7,9-12H2,1H3. The summed E-state index contributed by atoms with van der Waals surface area (Å²) in [6, 6.07) is 8.53. The van der Waals surface area contributed by atoms with Crippen LogP contribution in [0.1, 0.15) is 12.8 Å². The molecule has 1 aromatic heterocycles. The number of hydrogen-bond acceptors (Lipinski definition) is 4. The first-order valence-electron chi connectivity index (χ1n) is 7.83. The van der Waals surface area contributed by atoms with E-state index in [1.807, 2.05) is 13.2 Å². The predicted molar refractivity (Wildman–Crippen MR) is 88.0 cm³/mol. The molecule has 4 rings (SSSR count). The monoisotopic (exact) mass is 282 g/mol. The maximum absolute atomic E-state index is 4.70. The number of nitrogens with one attached hydrogen (secondary N) is 2. The second kappa shape index (κ2) is 4.88. The quantitative estimate of drug-likeness (QED) is 0.888. The molecule has 2 aromatic rings. The van der Waals surface area contributed by atoms with Gasteiger partial charge in [-0.3, -0.25) is 0 Å². The van der Waals surface area contributed by atoms with Gasteiger partial charge < -0.3 is 15.5 Å². The van der Waals surface area contributed by atoms with E-state index in [2.05, 4.69) is 39.8 Å². The number of benzene rings is 1. The van der Waals surface area contributed by atoms with Crippen molar-refractivity contribution in [3.05, 3.63) is 30.5 Å². The van der Waals surface area contributed by atoms with E-state index < -0.39 is 0 Å². The van der Waals surface area contributed by atoms with Crippen LogP contribution in [0.15, 0.2) is 30.5 Å². The molecule has 3 heterocycles. The van der Waals surface area contributed by atoms with Crippen molar-refractivity contribution in [2.24, 2.45) is 5.41 Å². The highest BCUT2D eigenvalue weighted by Crippen LogP contribution is 2.39. The van der Waals surface area contributed by atoms with Gasteiger partial charge in [-0.1, -0.05) is 12.1 Å². The number of rotatable bonds is 2. The molecule has 4 nitrogen and oxygen atoms in total. The third-order valence-corrected chi connectivity index (χ3v) is 5.12. The van der Waals surface area contributed by atoms with Crippen LogP contribution in [0.3, 0.4) is 0 Å². The minimum absolute atomic E-state index is 0.477. The van der Waals surface area contributed by atoms with Gasteiger partial charge in [0, 0.05) is 54.8 Å². The molecule has 1 unspecified atom stereocenters. The Bertz CT molecular complexity index is 661. The van der Waals surface area contributed by atoms with Crippen LogP contribution in [0.25, 0.3) is 10.8 Å². The van der Waals surface area contributed by atoms with Gasteiger partial charge in [-0.15, -0.1) is 0 Å². The molecular formula is C17H22N4. The van der Waals surface area contributed by atoms with Gasteiger partial charge in [-0.05, 0) is 31.5 Å². The van der Waals surface area contributed by atoms with Crippen LogP contribution in [0.2, 0.25) is 0 Å². The lowest BCUT2D eigenvalue weighted by Gasteiger charge is -2.24. The normalized spacial score (nSPS) is 25.1. The first-order valence-corrected chi connectivity index (χ1v) is 7.83. The lowest BCUT2D eigenvalue weighted by molar-refractivity contribution is 0.369. The summed E-state index contributed by atoms with van der Waals surface area (Å²) in [5, 5.41) is 9.32. The summed E-state index contributed by atoms with van der Waals surface area (Å²) in [5.41, 5.74) is 1.65. The van der Waals surface area contributed by atoms with Crippen LogP contribution >= 0.6 is 0 Å². The highest BCUT2D eigenvalue weighted by molar-refractivity contribution is 6.00. The van der Waals surface area contributed by atoms with Gasteiger partial charge in [-0.25, -0.2) is 4.98 Å². The molecule has 4 heteroatoms. The van der Waals surface area contributed by atoms with E-state index in [0.717, 1.165) is 25.5 Å². The molecule has 0 radical (unpaired) electrons. The molecule has 2 N–H and O–H groups in total. The van der Waals surface area contributed by atoms with E-state index in [1.165, 1.54) is 35.8 Å². The van der Waals surface area contributed by atoms with E-state index in [0.29, 0.717) is 5.41 Å². The van der Waals surface area contributed by atoms with Gasteiger partial charge in [0.25, 0.3) is 0 Å². The molecule has 0 aliphatic carbocycles. The number of aromatic nitrogens is 1. The summed E-state index contributed by atoms with van der Waals surface area (Å²) in [6.07, 6.45) is 4.52. The van der Waals surface area contributed by atoms with Gasteiger partial charge in [0.15, 0.2) is 0 Å². The zero-order chi connectivity index (χ0) is 14.3. The van der Waals surface area contributed by atoms with Gasteiger partial charge in [0.05, 0.1) is 0 Å². The molecule has 2 saturated heterocycles. The average Bonchev–Trinajstić information content (AvgIpc) is 3.16. The number of fused-ring (bicyclic) bond motifs is 1. The van der Waals surface area contributed by atoms with E-state index in [4.69, 9.17) is 4.98 Å². The fraction of sp³-hybridized carbons (Fsp3) is 0.471. The van der Waals surface area contributed by atoms with Crippen molar-refractivity contribution in [2.45, 2.75) is 12.8 Å². The minimum atomic E-state index is 0.477. The Hall–Kier alpha value is -1.81. The molecule has 2 aliphatic heterocycles. The Labute approximate surface area is 125 Å². The second-order valence-electron chi connectivity index (χ2n) is 6.38. The third-order valence-electron chi connectivity index (χ3n) is 5.12. The van der Waals surface area contributed by atoms with Crippen LogP contribution in [0.5, 0.6) is 0 Å². The van der Waals surface area contributed by atoms with Crippen LogP contribution in [-0.4, -0.2) is 38.2 Å². The third kappa shape index (κ3) is 2.05. The summed E-state index contributed by atoms with van der Waals surface area (Å²) in [7, 11) is 1.98. The number of nitrogens with zero attached hydrogens (tertiary/aromatic N) is 2. The van der Waals surface area contributed by atoms with Crippen LogP contribution in [0, 0.1) is 5.41 Å². The molecule has 0 bridgehead atoms. The van der Waals surface area contributed by atoms with Crippen molar-refractivity contribution in [1.29, 1.82) is 0 Å². The fourth-order valence-electron chi connectivity index (χ4n) is 3.92. The molecule has 1 atom stereocenters. The van der Waals surface area contributed by atoms with E-state index >= 15 is 0 Å². The highest BCUT2D eigenvalue weighted by Gasteiger charge is 2.40. The summed E-state index contributed by atoms with van der Waals surface area (Å²) in [4.78, 5) is 7.18. The van der Waals surface area contributed by atoms with Gasteiger partial charge in [-0.2, -0.15) is 0 Å². The molecule has 1 spiro atoms. The zero-order valence-electron chi connectivity index (χ0n) is 12.5. The Balaban J connectivity index is 1.74. The SMILES string of the molecule is CNc1cccc2c(N3CCC4(CCNC4)C3)nccc12. The average molecular weight is 282 g/mol. The van der Waals surface area contributed by atoms with Crippen molar-refractivity contribution < 1.29 is 0 Å². The van der Waals surface area contributed by atoms with E-state index in [1.54, 1.807) is 0 Å². The van der Waals surface area contributed by atoms with Crippen LogP contribution in [0.4, 0.5) is 11.5 Å². The summed E-state index contributed by atoms with van der Waals surface area (Å²) >= 11 is 0. The van der Waals surface area contributed by atoms with Crippen molar-refractivity contribution in [3.63, 3.8) is 0 Å². The molecule has 110 valence electrons. The summed E-state index contributed by atoms with van der Waals surface area (Å²) in [6.45, 7) is 4.59. The smallest absolute Gasteiger partial charge is 0.136 e. The minimum Gasteiger partial charge on any atom is -0.388 e. The number of pyridine rings is 1. The Morgan fingerprint density at radius 1 is 1.24 bits per heavy atom. The Morgan fingerprint density at radius 2 is 2.19 bits per heavy atom. The van der Waals surface area contributed by atoms with Crippen molar-refractivity contribution in [1.82, 2.24) is 10.3 Å². The van der Waals surface area contributed by atoms with E-state index in [9.17, 15) is 0 Å². The fourth-order valence-corrected chi connectivity index (χ4v) is 3.92. The molecule has 0 amide bonds. The van der Waals surface area contributed by atoms with Gasteiger partial charge >= 0.3 is 0 Å². The van der Waals surface area contributed by atoms with Gasteiger partial charge in [0.1, 0.15) is 5.82 Å². The maximum atomic E-state index is 4.70. The number of anilines is 2. The van der Waals surface area contributed by atoms with Crippen molar-refractivity contribution in [2.75, 3.05) is 43.4 Å². The predicted octanol–water partition coefficient (Wildman–Crippen LogP) is 2.47. The first kappa shape index (κ1) is 12.9. The molecule has 0 saturated carbocycles.